The van der Waals surface area contributed by atoms with Gasteiger partial charge in [-0.15, -0.1) is 0 Å². The molecule has 27 heavy (non-hydrogen) atoms. The van der Waals surface area contributed by atoms with E-state index in [1.165, 1.54) is 29.2 Å². The normalized spacial score (nSPS) is 14.7. The first-order valence-corrected chi connectivity index (χ1v) is 9.24. The van der Waals surface area contributed by atoms with Gasteiger partial charge >= 0.3 is 5.97 Å². The number of thioether (sulfide) groups is 1. The first-order valence-electron chi connectivity index (χ1n) is 8.25. The van der Waals surface area contributed by atoms with E-state index in [-0.39, 0.29) is 11.8 Å². The number of carbonyl (C=O) groups is 3. The monoisotopic (exact) mass is 388 g/mol. The molecule has 1 saturated heterocycles. The second kappa shape index (κ2) is 8.68. The van der Waals surface area contributed by atoms with Gasteiger partial charge in [0.15, 0.2) is 0 Å². The molecular formula is C19H17FN2O4S. The average Bonchev–Trinajstić information content (AvgIpc) is 3.07. The van der Waals surface area contributed by atoms with E-state index in [2.05, 4.69) is 5.32 Å². The Balaban J connectivity index is 1.72. The molecule has 0 spiro atoms. The lowest BCUT2D eigenvalue weighted by Crippen LogP contribution is -2.34. The van der Waals surface area contributed by atoms with Crippen molar-refractivity contribution in [1.29, 1.82) is 0 Å². The second-order valence-electron chi connectivity index (χ2n) is 5.81. The van der Waals surface area contributed by atoms with Crippen LogP contribution in [0.15, 0.2) is 54.6 Å². The van der Waals surface area contributed by atoms with Gasteiger partial charge in [0, 0.05) is 23.5 Å². The molecule has 2 aromatic rings. The van der Waals surface area contributed by atoms with E-state index in [1.54, 1.807) is 30.3 Å². The summed E-state index contributed by atoms with van der Waals surface area (Å²) >= 11 is 1.14. The maximum Gasteiger partial charge on any atom is 0.326 e. The van der Waals surface area contributed by atoms with Gasteiger partial charge in [-0.3, -0.25) is 14.4 Å². The van der Waals surface area contributed by atoms with Crippen LogP contribution in [0.1, 0.15) is 11.7 Å². The molecule has 0 aliphatic carbocycles. The maximum atomic E-state index is 13.0. The third kappa shape index (κ3) is 5.07. The number of hydrogen-bond donors (Lipinski definition) is 1. The van der Waals surface area contributed by atoms with Crippen molar-refractivity contribution < 1.29 is 23.5 Å². The third-order valence-electron chi connectivity index (χ3n) is 3.87. The van der Waals surface area contributed by atoms with Gasteiger partial charge in [0.2, 0.25) is 6.10 Å². The molecule has 0 aromatic heterocycles. The second-order valence-corrected chi connectivity index (χ2v) is 6.86. The highest BCUT2D eigenvalue weighted by molar-refractivity contribution is 8.13. The van der Waals surface area contributed by atoms with Gasteiger partial charge in [0.05, 0.1) is 0 Å². The van der Waals surface area contributed by atoms with Crippen LogP contribution in [0.2, 0.25) is 0 Å². The molecule has 0 saturated carbocycles. The Labute approximate surface area is 159 Å². The molecule has 0 unspecified atom stereocenters. The van der Waals surface area contributed by atoms with Crippen LogP contribution in [-0.2, 0) is 14.3 Å². The summed E-state index contributed by atoms with van der Waals surface area (Å²) in [6.45, 7) is 0.259. The lowest BCUT2D eigenvalue weighted by atomic mass is 10.1. The van der Waals surface area contributed by atoms with E-state index < -0.39 is 23.8 Å². The molecular weight excluding hydrogens is 371 g/mol. The summed E-state index contributed by atoms with van der Waals surface area (Å²) in [5.41, 5.74) is 0.872. The molecule has 1 aliphatic heterocycles. The molecule has 2 amide bonds. The smallest absolute Gasteiger partial charge is 0.326 e. The van der Waals surface area contributed by atoms with Crippen LogP contribution >= 0.6 is 11.8 Å². The number of nitrogens with zero attached hydrogens (tertiary/aromatic N) is 1. The first-order chi connectivity index (χ1) is 13.0. The van der Waals surface area contributed by atoms with E-state index in [1.807, 2.05) is 0 Å². The SMILES string of the molecule is O=C(CN1CCSC1=O)O[C@H](C(=O)Nc1ccc(F)cc1)c1ccccc1. The number of esters is 1. The van der Waals surface area contributed by atoms with Crippen molar-refractivity contribution in [2.45, 2.75) is 6.10 Å². The van der Waals surface area contributed by atoms with Crippen molar-refractivity contribution >= 4 is 34.6 Å². The highest BCUT2D eigenvalue weighted by Gasteiger charge is 2.29. The topological polar surface area (TPSA) is 75.7 Å². The predicted molar refractivity (Wildman–Crippen MR) is 99.7 cm³/mol. The van der Waals surface area contributed by atoms with E-state index in [9.17, 15) is 18.8 Å². The summed E-state index contributed by atoms with van der Waals surface area (Å²) in [7, 11) is 0. The van der Waals surface area contributed by atoms with Gasteiger partial charge in [-0.1, -0.05) is 42.1 Å². The first kappa shape index (κ1) is 18.9. The molecule has 1 N–H and O–H groups in total. The number of benzene rings is 2. The van der Waals surface area contributed by atoms with Crippen LogP contribution in [0.3, 0.4) is 0 Å². The molecule has 1 atom stereocenters. The van der Waals surface area contributed by atoms with E-state index in [0.717, 1.165) is 11.8 Å². The zero-order chi connectivity index (χ0) is 19.2. The predicted octanol–water partition coefficient (Wildman–Crippen LogP) is 3.22. The Hall–Kier alpha value is -2.87. The lowest BCUT2D eigenvalue weighted by molar-refractivity contribution is -0.155. The van der Waals surface area contributed by atoms with Crippen LogP contribution in [0.25, 0.3) is 0 Å². The molecule has 8 heteroatoms. The maximum absolute atomic E-state index is 13.0. The number of nitrogens with one attached hydrogen (secondary N) is 1. The number of halogens is 1. The zero-order valence-electron chi connectivity index (χ0n) is 14.3. The minimum absolute atomic E-state index is 0.182. The van der Waals surface area contributed by atoms with Crippen LogP contribution in [0, 0.1) is 5.82 Å². The highest BCUT2D eigenvalue weighted by atomic mass is 32.2. The van der Waals surface area contributed by atoms with Crippen LogP contribution < -0.4 is 5.32 Å². The van der Waals surface area contributed by atoms with Gasteiger partial charge < -0.3 is 15.0 Å². The molecule has 6 nitrogen and oxygen atoms in total. The molecule has 3 rings (SSSR count). The number of carbonyl (C=O) groups excluding carboxylic acids is 3. The Morgan fingerprint density at radius 1 is 1.15 bits per heavy atom. The number of amides is 2. The zero-order valence-corrected chi connectivity index (χ0v) is 15.1. The fraction of sp³-hybridized carbons (Fsp3) is 0.211. The number of rotatable bonds is 6. The highest BCUT2D eigenvalue weighted by Crippen LogP contribution is 2.22. The van der Waals surface area contributed by atoms with Crippen LogP contribution in [-0.4, -0.2) is 40.9 Å². The van der Waals surface area contributed by atoms with Crippen LogP contribution in [0.4, 0.5) is 14.9 Å². The largest absolute Gasteiger partial charge is 0.446 e. The molecule has 0 bridgehead atoms. The fourth-order valence-corrected chi connectivity index (χ4v) is 3.36. The molecule has 0 radical (unpaired) electrons. The summed E-state index contributed by atoms with van der Waals surface area (Å²) in [6, 6.07) is 13.8. The van der Waals surface area contributed by atoms with E-state index >= 15 is 0 Å². The number of hydrogen-bond acceptors (Lipinski definition) is 5. The van der Waals surface area contributed by atoms with E-state index in [4.69, 9.17) is 4.74 Å². The van der Waals surface area contributed by atoms with Crippen LogP contribution in [0.5, 0.6) is 0 Å². The Bertz CT molecular complexity index is 829. The van der Waals surface area contributed by atoms with Crippen molar-refractivity contribution in [3.8, 4) is 0 Å². The molecule has 1 heterocycles. The fourth-order valence-electron chi connectivity index (χ4n) is 2.54. The summed E-state index contributed by atoms with van der Waals surface area (Å²) in [5.74, 6) is -1.04. The van der Waals surface area contributed by atoms with Gasteiger partial charge in [0.1, 0.15) is 12.4 Å². The number of ether oxygens (including phenoxy) is 1. The van der Waals surface area contributed by atoms with Crippen molar-refractivity contribution in [1.82, 2.24) is 4.90 Å². The minimum Gasteiger partial charge on any atom is -0.446 e. The molecule has 2 aromatic carbocycles. The Kier molecular flexibility index (Phi) is 6.08. The van der Waals surface area contributed by atoms with E-state index in [0.29, 0.717) is 23.5 Å². The van der Waals surface area contributed by atoms with Gasteiger partial charge in [-0.2, -0.15) is 0 Å². The standard InChI is InChI=1S/C19H17FN2O4S/c20-14-6-8-15(9-7-14)21-18(24)17(13-4-2-1-3-5-13)26-16(23)12-22-10-11-27-19(22)25/h1-9,17H,10-12H2,(H,21,24)/t17-/m0/s1. The molecule has 1 aliphatic rings. The van der Waals surface area contributed by atoms with Crippen molar-refractivity contribution in [3.05, 3.63) is 66.0 Å². The third-order valence-corrected chi connectivity index (χ3v) is 4.76. The van der Waals surface area contributed by atoms with Crippen molar-refractivity contribution in [3.63, 3.8) is 0 Å². The van der Waals surface area contributed by atoms with Crippen molar-refractivity contribution in [2.75, 3.05) is 24.2 Å². The van der Waals surface area contributed by atoms with Gasteiger partial charge in [-0.25, -0.2) is 4.39 Å². The lowest BCUT2D eigenvalue weighted by Gasteiger charge is -2.20. The molecule has 1 fully saturated rings. The quantitative estimate of drug-likeness (QED) is 0.769. The Morgan fingerprint density at radius 3 is 2.48 bits per heavy atom. The number of anilines is 1. The summed E-state index contributed by atoms with van der Waals surface area (Å²) in [6.07, 6.45) is -1.19. The van der Waals surface area contributed by atoms with Gasteiger partial charge in [-0.05, 0) is 24.3 Å². The van der Waals surface area contributed by atoms with Gasteiger partial charge in [0.25, 0.3) is 11.1 Å². The molecule has 140 valence electrons. The summed E-state index contributed by atoms with van der Waals surface area (Å²) in [5, 5.41) is 2.43. The Morgan fingerprint density at radius 2 is 1.85 bits per heavy atom. The summed E-state index contributed by atoms with van der Waals surface area (Å²) in [4.78, 5) is 38.0. The van der Waals surface area contributed by atoms with Crippen molar-refractivity contribution in [2.24, 2.45) is 0 Å². The average molecular weight is 388 g/mol. The summed E-state index contributed by atoms with van der Waals surface area (Å²) < 4.78 is 18.4. The minimum atomic E-state index is -1.19.